The van der Waals surface area contributed by atoms with E-state index >= 15 is 0 Å². The zero-order valence-corrected chi connectivity index (χ0v) is 12.9. The summed E-state index contributed by atoms with van der Waals surface area (Å²) < 4.78 is 5.64. The number of thioether (sulfide) groups is 1. The van der Waals surface area contributed by atoms with Crippen LogP contribution in [-0.2, 0) is 0 Å². The van der Waals surface area contributed by atoms with E-state index < -0.39 is 6.10 Å². The predicted molar refractivity (Wildman–Crippen MR) is 92.3 cm³/mol. The molecule has 0 saturated carbocycles. The molecule has 0 fully saturated rings. The van der Waals surface area contributed by atoms with Crippen molar-refractivity contribution in [3.8, 4) is 5.75 Å². The van der Waals surface area contributed by atoms with Crippen LogP contribution in [0.1, 0.15) is 17.2 Å². The second-order valence-corrected chi connectivity index (χ2v) is 5.96. The monoisotopic (exact) mass is 311 g/mol. The molecule has 2 aromatic carbocycles. The fraction of sp³-hybridized carbons (Fsp3) is 0.167. The van der Waals surface area contributed by atoms with Gasteiger partial charge in [-0.15, -0.1) is 11.8 Å². The molecule has 1 aliphatic rings. The highest BCUT2D eigenvalue weighted by atomic mass is 32.2. The molecule has 0 amide bonds. The largest absolute Gasteiger partial charge is 0.491 e. The lowest BCUT2D eigenvalue weighted by atomic mass is 10.1. The maximum atomic E-state index is 10.1. The summed E-state index contributed by atoms with van der Waals surface area (Å²) >= 11 is 1.73. The normalized spacial score (nSPS) is 16.9. The van der Waals surface area contributed by atoms with Crippen LogP contribution in [0.3, 0.4) is 0 Å². The van der Waals surface area contributed by atoms with Crippen LogP contribution < -0.4 is 4.74 Å². The highest BCUT2D eigenvalue weighted by Gasteiger charge is 2.07. The van der Waals surface area contributed by atoms with E-state index in [9.17, 15) is 5.11 Å². The Morgan fingerprint density at radius 3 is 2.59 bits per heavy atom. The average Bonchev–Trinajstić information content (AvgIpc) is 3.08. The number of aliphatic hydroxyl groups excluding tert-OH is 1. The molecule has 22 heavy (non-hydrogen) atoms. The number of allylic oxidation sites excluding steroid dienone is 1. The Morgan fingerprint density at radius 2 is 1.91 bits per heavy atom. The van der Waals surface area contributed by atoms with Gasteiger partial charge in [0.15, 0.2) is 0 Å². The van der Waals surface area contributed by atoms with Crippen molar-refractivity contribution in [3.63, 3.8) is 0 Å². The van der Waals surface area contributed by atoms with Gasteiger partial charge in [0.25, 0.3) is 0 Å². The maximum absolute atomic E-state index is 10.1. The van der Waals surface area contributed by atoms with Gasteiger partial charge < -0.3 is 9.84 Å². The molecule has 4 heteroatoms. The van der Waals surface area contributed by atoms with Crippen molar-refractivity contribution < 1.29 is 9.84 Å². The van der Waals surface area contributed by atoms with E-state index in [1.165, 1.54) is 4.91 Å². The van der Waals surface area contributed by atoms with Gasteiger partial charge in [-0.05, 0) is 29.3 Å². The number of hydrogen-bond acceptors (Lipinski definition) is 4. The second kappa shape index (κ2) is 7.29. The van der Waals surface area contributed by atoms with Crippen LogP contribution in [0.25, 0.3) is 6.08 Å². The van der Waals surface area contributed by atoms with Gasteiger partial charge in [-0.1, -0.05) is 42.5 Å². The predicted octanol–water partition coefficient (Wildman–Crippen LogP) is 3.92. The molecule has 0 saturated heterocycles. The molecule has 1 heterocycles. The Balaban J connectivity index is 1.57. The van der Waals surface area contributed by atoms with E-state index in [4.69, 9.17) is 4.74 Å². The minimum Gasteiger partial charge on any atom is -0.491 e. The molecule has 1 atom stereocenters. The van der Waals surface area contributed by atoms with Crippen molar-refractivity contribution in [2.45, 2.75) is 6.10 Å². The third-order valence-corrected chi connectivity index (χ3v) is 4.14. The number of rotatable bonds is 5. The molecule has 0 radical (unpaired) electrons. The molecule has 2 aromatic rings. The van der Waals surface area contributed by atoms with Crippen LogP contribution in [0.4, 0.5) is 0 Å². The number of hydrogen-bond donors (Lipinski definition) is 1. The van der Waals surface area contributed by atoms with E-state index in [2.05, 4.69) is 11.1 Å². The Kier molecular flexibility index (Phi) is 4.93. The third-order valence-electron chi connectivity index (χ3n) is 3.31. The molecule has 0 aliphatic carbocycles. The second-order valence-electron chi connectivity index (χ2n) is 4.94. The van der Waals surface area contributed by atoms with Crippen LogP contribution in [0.15, 0.2) is 64.5 Å². The van der Waals surface area contributed by atoms with Crippen molar-refractivity contribution in [2.75, 3.05) is 12.5 Å². The Morgan fingerprint density at radius 1 is 1.14 bits per heavy atom. The first-order valence-corrected chi connectivity index (χ1v) is 8.10. The summed E-state index contributed by atoms with van der Waals surface area (Å²) in [5, 5.41) is 10.1. The minimum atomic E-state index is -0.617. The van der Waals surface area contributed by atoms with Gasteiger partial charge in [0.05, 0.1) is 5.88 Å². The quantitative estimate of drug-likeness (QED) is 0.910. The highest BCUT2D eigenvalue weighted by molar-refractivity contribution is 8.04. The van der Waals surface area contributed by atoms with Gasteiger partial charge in [0.2, 0.25) is 0 Å². The summed E-state index contributed by atoms with van der Waals surface area (Å²) in [6.45, 7) is 0.243. The molecule has 1 unspecified atom stereocenters. The number of ether oxygens (including phenoxy) is 1. The summed E-state index contributed by atoms with van der Waals surface area (Å²) in [4.78, 5) is 5.35. The highest BCUT2D eigenvalue weighted by Crippen LogP contribution is 2.23. The molecule has 1 aliphatic heterocycles. The summed E-state index contributed by atoms with van der Waals surface area (Å²) in [7, 11) is 0. The first kappa shape index (κ1) is 14.9. The first-order valence-electron chi connectivity index (χ1n) is 7.11. The zero-order chi connectivity index (χ0) is 15.2. The SMILES string of the molecule is OC(COc1ccc(C=C2C=NCS2)cc1)c1ccccc1. The van der Waals surface area contributed by atoms with Crippen molar-refractivity contribution >= 4 is 24.1 Å². The summed E-state index contributed by atoms with van der Waals surface area (Å²) in [5.74, 6) is 1.56. The molecule has 3 rings (SSSR count). The van der Waals surface area contributed by atoms with Gasteiger partial charge in [-0.25, -0.2) is 0 Å². The molecule has 0 bridgehead atoms. The fourth-order valence-corrected chi connectivity index (χ4v) is 2.79. The minimum absolute atomic E-state index is 0.243. The summed E-state index contributed by atoms with van der Waals surface area (Å²) in [5.41, 5.74) is 1.98. The van der Waals surface area contributed by atoms with Crippen LogP contribution in [-0.4, -0.2) is 23.8 Å². The van der Waals surface area contributed by atoms with Crippen molar-refractivity contribution in [1.29, 1.82) is 0 Å². The fourth-order valence-electron chi connectivity index (χ4n) is 2.13. The number of aliphatic hydroxyl groups is 1. The Labute approximate surface area is 134 Å². The molecule has 0 aromatic heterocycles. The number of benzene rings is 2. The molecule has 0 spiro atoms. The summed E-state index contributed by atoms with van der Waals surface area (Å²) in [6.07, 6.45) is 3.38. The standard InChI is InChI=1S/C18H17NO2S/c20-18(15-4-2-1-3-5-15)12-21-16-8-6-14(7-9-16)10-17-11-19-13-22-17/h1-11,18,20H,12-13H2. The lowest BCUT2D eigenvalue weighted by molar-refractivity contribution is 0.108. The van der Waals surface area contributed by atoms with Gasteiger partial charge in [0.1, 0.15) is 18.5 Å². The smallest absolute Gasteiger partial charge is 0.119 e. The van der Waals surface area contributed by atoms with Gasteiger partial charge >= 0.3 is 0 Å². The molecule has 112 valence electrons. The van der Waals surface area contributed by atoms with E-state index in [0.29, 0.717) is 0 Å². The van der Waals surface area contributed by atoms with Gasteiger partial charge in [0, 0.05) is 11.1 Å². The Hall–Kier alpha value is -2.04. The maximum Gasteiger partial charge on any atom is 0.119 e. The van der Waals surface area contributed by atoms with E-state index in [0.717, 1.165) is 22.8 Å². The number of aliphatic imine (C=N–C) groups is 1. The third kappa shape index (κ3) is 4.00. The lowest BCUT2D eigenvalue weighted by Gasteiger charge is -2.12. The van der Waals surface area contributed by atoms with Gasteiger partial charge in [-0.2, -0.15) is 0 Å². The summed E-state index contributed by atoms with van der Waals surface area (Å²) in [6, 6.07) is 17.4. The molecular weight excluding hydrogens is 294 g/mol. The van der Waals surface area contributed by atoms with Crippen molar-refractivity contribution in [3.05, 3.63) is 70.6 Å². The van der Waals surface area contributed by atoms with E-state index in [1.54, 1.807) is 11.8 Å². The Bertz CT molecular complexity index is 665. The lowest BCUT2D eigenvalue weighted by Crippen LogP contribution is -2.09. The van der Waals surface area contributed by atoms with Crippen LogP contribution in [0, 0.1) is 0 Å². The molecular formula is C18H17NO2S. The van der Waals surface area contributed by atoms with Gasteiger partial charge in [-0.3, -0.25) is 4.99 Å². The molecule has 1 N–H and O–H groups in total. The average molecular weight is 311 g/mol. The zero-order valence-electron chi connectivity index (χ0n) is 12.1. The van der Waals surface area contributed by atoms with Crippen LogP contribution in [0.2, 0.25) is 0 Å². The first-order chi connectivity index (χ1) is 10.8. The van der Waals surface area contributed by atoms with Crippen molar-refractivity contribution in [1.82, 2.24) is 0 Å². The van der Waals surface area contributed by atoms with Crippen LogP contribution in [0.5, 0.6) is 5.75 Å². The van der Waals surface area contributed by atoms with E-state index in [-0.39, 0.29) is 6.61 Å². The topological polar surface area (TPSA) is 41.8 Å². The number of nitrogens with zero attached hydrogens (tertiary/aromatic N) is 1. The van der Waals surface area contributed by atoms with E-state index in [1.807, 2.05) is 60.8 Å². The van der Waals surface area contributed by atoms with Crippen molar-refractivity contribution in [2.24, 2.45) is 4.99 Å². The van der Waals surface area contributed by atoms with Crippen LogP contribution >= 0.6 is 11.8 Å². The molecule has 3 nitrogen and oxygen atoms in total.